The molecule has 1 saturated heterocycles. The average Bonchev–Trinajstić information content (AvgIpc) is 3.17. The third-order valence-electron chi connectivity index (χ3n) is 5.08. The van der Waals surface area contributed by atoms with E-state index in [1.54, 1.807) is 6.92 Å². The fraction of sp³-hybridized carbons (Fsp3) is 0.286. The molecule has 0 spiro atoms. The van der Waals surface area contributed by atoms with Gasteiger partial charge in [-0.2, -0.15) is 0 Å². The zero-order valence-corrected chi connectivity index (χ0v) is 15.5. The third-order valence-corrected chi connectivity index (χ3v) is 5.08. The Morgan fingerprint density at radius 1 is 1.11 bits per heavy atom. The molecule has 0 saturated carbocycles. The summed E-state index contributed by atoms with van der Waals surface area (Å²) in [4.78, 5) is 31.3. The highest BCUT2D eigenvalue weighted by Gasteiger charge is 2.49. The molecule has 3 heterocycles. The van der Waals surface area contributed by atoms with Gasteiger partial charge in [-0.1, -0.05) is 43.7 Å². The van der Waals surface area contributed by atoms with Crippen molar-refractivity contribution in [2.45, 2.75) is 38.8 Å². The summed E-state index contributed by atoms with van der Waals surface area (Å²) < 4.78 is 1.87. The largest absolute Gasteiger partial charge is 0.325 e. The van der Waals surface area contributed by atoms with Crippen LogP contribution in [0.4, 0.5) is 4.79 Å². The van der Waals surface area contributed by atoms with E-state index in [1.807, 2.05) is 59.3 Å². The number of aryl methyl sites for hydroxylation is 1. The predicted molar refractivity (Wildman–Crippen MR) is 102 cm³/mol. The molecule has 6 heteroatoms. The summed E-state index contributed by atoms with van der Waals surface area (Å²) in [5.41, 5.74) is 2.42. The molecule has 1 unspecified atom stereocenters. The Hall–Kier alpha value is -3.15. The zero-order valence-electron chi connectivity index (χ0n) is 15.5. The molecule has 27 heavy (non-hydrogen) atoms. The van der Waals surface area contributed by atoms with Crippen molar-refractivity contribution in [2.24, 2.45) is 0 Å². The maximum absolute atomic E-state index is 13.1. The van der Waals surface area contributed by atoms with Gasteiger partial charge in [-0.25, -0.2) is 9.78 Å². The van der Waals surface area contributed by atoms with E-state index in [2.05, 4.69) is 17.2 Å². The van der Waals surface area contributed by atoms with Gasteiger partial charge in [0.2, 0.25) is 0 Å². The van der Waals surface area contributed by atoms with E-state index in [1.165, 1.54) is 10.5 Å². The molecule has 1 aromatic carbocycles. The van der Waals surface area contributed by atoms with E-state index in [0.29, 0.717) is 5.69 Å². The van der Waals surface area contributed by atoms with Crippen LogP contribution in [0.1, 0.15) is 37.1 Å². The van der Waals surface area contributed by atoms with Crippen molar-refractivity contribution in [3.63, 3.8) is 0 Å². The third kappa shape index (κ3) is 2.97. The van der Waals surface area contributed by atoms with Gasteiger partial charge in [-0.3, -0.25) is 9.69 Å². The first-order chi connectivity index (χ1) is 13.0. The molecule has 3 amide bonds. The fourth-order valence-electron chi connectivity index (χ4n) is 3.55. The maximum Gasteiger partial charge on any atom is 0.325 e. The monoisotopic (exact) mass is 362 g/mol. The number of carbonyl (C=O) groups is 2. The van der Waals surface area contributed by atoms with E-state index in [-0.39, 0.29) is 12.5 Å². The number of imide groups is 1. The average molecular weight is 362 g/mol. The van der Waals surface area contributed by atoms with E-state index in [9.17, 15) is 9.59 Å². The first kappa shape index (κ1) is 17.3. The van der Waals surface area contributed by atoms with E-state index < -0.39 is 11.6 Å². The molecule has 1 N–H and O–H groups in total. The summed E-state index contributed by atoms with van der Waals surface area (Å²) in [5.74, 6) is -0.257. The second-order valence-corrected chi connectivity index (χ2v) is 7.09. The Labute approximate surface area is 157 Å². The van der Waals surface area contributed by atoms with E-state index in [4.69, 9.17) is 0 Å². The highest BCUT2D eigenvalue weighted by atomic mass is 16.2. The van der Waals surface area contributed by atoms with Crippen molar-refractivity contribution in [3.05, 3.63) is 71.7 Å². The number of aromatic nitrogens is 2. The Bertz CT molecular complexity index is 975. The zero-order chi connectivity index (χ0) is 19.0. The van der Waals surface area contributed by atoms with Crippen LogP contribution in [0.25, 0.3) is 5.65 Å². The summed E-state index contributed by atoms with van der Waals surface area (Å²) in [6.45, 7) is 4.04. The number of amides is 3. The minimum Gasteiger partial charge on any atom is -0.319 e. The smallest absolute Gasteiger partial charge is 0.319 e. The SMILES string of the molecule is CCCc1ccc(C2(C)NC(=O)N(Cc3cn4ccccc4n3)C2=O)cc1. The number of urea groups is 1. The molecule has 4 rings (SSSR count). The van der Waals surface area contributed by atoms with Crippen LogP contribution in [-0.2, 0) is 23.3 Å². The molecule has 0 aliphatic carbocycles. The Balaban J connectivity index is 1.58. The molecule has 1 fully saturated rings. The molecular weight excluding hydrogens is 340 g/mol. The minimum atomic E-state index is -1.05. The van der Waals surface area contributed by atoms with Crippen LogP contribution < -0.4 is 5.32 Å². The lowest BCUT2D eigenvalue weighted by Gasteiger charge is -2.22. The molecule has 1 atom stereocenters. The van der Waals surface area contributed by atoms with Gasteiger partial charge in [-0.15, -0.1) is 0 Å². The first-order valence-electron chi connectivity index (χ1n) is 9.17. The van der Waals surface area contributed by atoms with Gasteiger partial charge in [0.25, 0.3) is 5.91 Å². The number of imidazole rings is 1. The van der Waals surface area contributed by atoms with Crippen LogP contribution in [0.3, 0.4) is 0 Å². The summed E-state index contributed by atoms with van der Waals surface area (Å²) in [7, 11) is 0. The Morgan fingerprint density at radius 3 is 2.59 bits per heavy atom. The number of fused-ring (bicyclic) bond motifs is 1. The number of benzene rings is 1. The Kier molecular flexibility index (Phi) is 4.18. The van der Waals surface area contributed by atoms with Crippen molar-refractivity contribution in [3.8, 4) is 0 Å². The number of hydrogen-bond acceptors (Lipinski definition) is 3. The molecule has 1 aliphatic rings. The van der Waals surface area contributed by atoms with Crippen LogP contribution in [-0.4, -0.2) is 26.2 Å². The summed E-state index contributed by atoms with van der Waals surface area (Å²) in [6.07, 6.45) is 5.79. The number of hydrogen-bond donors (Lipinski definition) is 1. The summed E-state index contributed by atoms with van der Waals surface area (Å²) in [5, 5.41) is 2.85. The number of carbonyl (C=O) groups excluding carboxylic acids is 2. The summed E-state index contributed by atoms with van der Waals surface area (Å²) in [6, 6.07) is 13.2. The van der Waals surface area contributed by atoms with Crippen molar-refractivity contribution in [1.82, 2.24) is 19.6 Å². The molecule has 3 aromatic rings. The topological polar surface area (TPSA) is 66.7 Å². The second-order valence-electron chi connectivity index (χ2n) is 7.09. The van der Waals surface area contributed by atoms with Crippen LogP contribution in [0, 0.1) is 0 Å². The number of nitrogens with zero attached hydrogens (tertiary/aromatic N) is 3. The molecule has 1 aliphatic heterocycles. The molecule has 6 nitrogen and oxygen atoms in total. The van der Waals surface area contributed by atoms with Crippen molar-refractivity contribution in [1.29, 1.82) is 0 Å². The van der Waals surface area contributed by atoms with Gasteiger partial charge in [0.1, 0.15) is 11.2 Å². The van der Waals surface area contributed by atoms with Gasteiger partial charge in [0.15, 0.2) is 0 Å². The number of pyridine rings is 1. The van der Waals surface area contributed by atoms with Gasteiger partial charge >= 0.3 is 6.03 Å². The van der Waals surface area contributed by atoms with Crippen LogP contribution in [0.2, 0.25) is 0 Å². The van der Waals surface area contributed by atoms with E-state index in [0.717, 1.165) is 24.1 Å². The minimum absolute atomic E-state index is 0.149. The number of rotatable bonds is 5. The molecule has 138 valence electrons. The second kappa shape index (κ2) is 6.54. The molecular formula is C21H22N4O2. The van der Waals surface area contributed by atoms with Crippen LogP contribution in [0.15, 0.2) is 54.9 Å². The normalized spacial score (nSPS) is 19.7. The van der Waals surface area contributed by atoms with Gasteiger partial charge in [0.05, 0.1) is 12.2 Å². The van der Waals surface area contributed by atoms with Crippen LogP contribution in [0.5, 0.6) is 0 Å². The highest BCUT2D eigenvalue weighted by molar-refractivity contribution is 6.07. The van der Waals surface area contributed by atoms with Crippen molar-refractivity contribution >= 4 is 17.6 Å². The number of nitrogens with one attached hydrogen (secondary N) is 1. The molecule has 0 bridgehead atoms. The standard InChI is InChI=1S/C21H22N4O2/c1-3-6-15-8-10-16(11-9-15)21(2)19(26)25(20(27)23-21)14-17-13-24-12-5-4-7-18(24)22-17/h4-5,7-13H,3,6,14H2,1-2H3,(H,23,27). The van der Waals surface area contributed by atoms with Gasteiger partial charge < -0.3 is 9.72 Å². The lowest BCUT2D eigenvalue weighted by molar-refractivity contribution is -0.131. The quantitative estimate of drug-likeness (QED) is 0.709. The van der Waals surface area contributed by atoms with Gasteiger partial charge in [0, 0.05) is 12.4 Å². The highest BCUT2D eigenvalue weighted by Crippen LogP contribution is 2.30. The molecule has 2 aromatic heterocycles. The predicted octanol–water partition coefficient (Wildman–Crippen LogP) is 3.25. The first-order valence-corrected chi connectivity index (χ1v) is 9.17. The fourth-order valence-corrected chi connectivity index (χ4v) is 3.55. The maximum atomic E-state index is 13.1. The summed E-state index contributed by atoms with van der Waals surface area (Å²) >= 11 is 0. The lowest BCUT2D eigenvalue weighted by atomic mass is 9.91. The van der Waals surface area contributed by atoms with Crippen molar-refractivity contribution in [2.75, 3.05) is 0 Å². The van der Waals surface area contributed by atoms with Crippen LogP contribution >= 0.6 is 0 Å². The van der Waals surface area contributed by atoms with Gasteiger partial charge in [-0.05, 0) is 36.6 Å². The molecule has 0 radical (unpaired) electrons. The van der Waals surface area contributed by atoms with Crippen molar-refractivity contribution < 1.29 is 9.59 Å². The van der Waals surface area contributed by atoms with E-state index >= 15 is 0 Å². The Morgan fingerprint density at radius 2 is 1.89 bits per heavy atom. The lowest BCUT2D eigenvalue weighted by Crippen LogP contribution is -2.40.